The van der Waals surface area contributed by atoms with Crippen LogP contribution in [0.2, 0.25) is 0 Å². The number of hydrogen-bond acceptors (Lipinski definition) is 3. The first-order valence-electron chi connectivity index (χ1n) is 4.10. The second kappa shape index (κ2) is 5.02. The maximum absolute atomic E-state index is 5.62. The molecule has 3 nitrogen and oxygen atoms in total. The quantitative estimate of drug-likeness (QED) is 0.631. The normalized spacial score (nSPS) is 32.2. The predicted octanol–water partition coefficient (Wildman–Crippen LogP) is 1.25. The third-order valence-corrected chi connectivity index (χ3v) is 2.18. The molecular weight excluding hydrogens is 180 g/mol. The minimum atomic E-state index is -0.145. The third kappa shape index (κ3) is 2.59. The van der Waals surface area contributed by atoms with Crippen LogP contribution >= 0.6 is 11.6 Å². The van der Waals surface area contributed by atoms with Gasteiger partial charge in [0.15, 0.2) is 6.29 Å². The first-order chi connectivity index (χ1) is 5.77. The molecule has 1 fully saturated rings. The average Bonchev–Trinajstić information content (AvgIpc) is 2.52. The molecule has 0 aromatic heterocycles. The molecule has 1 aliphatic heterocycles. The van der Waals surface area contributed by atoms with Gasteiger partial charge in [-0.3, -0.25) is 0 Å². The molecular formula is C8H15ClO3. The zero-order valence-corrected chi connectivity index (χ0v) is 8.21. The first-order valence-corrected chi connectivity index (χ1v) is 4.63. The molecule has 1 saturated heterocycles. The Morgan fingerprint density at radius 1 is 1.67 bits per heavy atom. The van der Waals surface area contributed by atoms with Gasteiger partial charge < -0.3 is 14.2 Å². The summed E-state index contributed by atoms with van der Waals surface area (Å²) in [5.41, 5.74) is 0. The molecule has 0 spiro atoms. The molecule has 72 valence electrons. The van der Waals surface area contributed by atoms with Crippen molar-refractivity contribution in [3.63, 3.8) is 0 Å². The number of alkyl halides is 1. The highest BCUT2D eigenvalue weighted by molar-refractivity contribution is 6.18. The molecule has 3 atom stereocenters. The van der Waals surface area contributed by atoms with E-state index in [1.54, 1.807) is 7.11 Å². The van der Waals surface area contributed by atoms with Crippen LogP contribution in [0.4, 0.5) is 0 Å². The molecule has 0 N–H and O–H groups in total. The Hall–Kier alpha value is 0.170. The van der Waals surface area contributed by atoms with Gasteiger partial charge in [-0.15, -0.1) is 11.6 Å². The van der Waals surface area contributed by atoms with Crippen molar-refractivity contribution in [1.82, 2.24) is 0 Å². The Morgan fingerprint density at radius 3 is 2.92 bits per heavy atom. The predicted molar refractivity (Wildman–Crippen MR) is 46.4 cm³/mol. The Morgan fingerprint density at radius 2 is 2.42 bits per heavy atom. The molecule has 1 rings (SSSR count). The van der Waals surface area contributed by atoms with E-state index in [1.165, 1.54) is 0 Å². The molecule has 0 aromatic rings. The fraction of sp³-hybridized carbons (Fsp3) is 1.00. The number of ether oxygens (including phenoxy) is 3. The monoisotopic (exact) mass is 194 g/mol. The fourth-order valence-corrected chi connectivity index (χ4v) is 1.35. The van der Waals surface area contributed by atoms with Crippen LogP contribution in [0.15, 0.2) is 0 Å². The zero-order chi connectivity index (χ0) is 8.97. The van der Waals surface area contributed by atoms with E-state index < -0.39 is 0 Å². The van der Waals surface area contributed by atoms with Crippen molar-refractivity contribution in [2.45, 2.75) is 19.3 Å². The van der Waals surface area contributed by atoms with E-state index >= 15 is 0 Å². The maximum atomic E-state index is 5.62. The standard InChI is InChI=1S/C8H15ClO3/c1-6(4-10-2)8-11-5-7(3-9)12-8/h6-8H,3-5H2,1-2H3. The second-order valence-corrected chi connectivity index (χ2v) is 3.36. The van der Waals surface area contributed by atoms with Crippen LogP contribution in [0, 0.1) is 5.92 Å². The lowest BCUT2D eigenvalue weighted by molar-refractivity contribution is -0.103. The van der Waals surface area contributed by atoms with Crippen molar-refractivity contribution in [2.75, 3.05) is 26.2 Å². The largest absolute Gasteiger partial charge is 0.384 e. The minimum absolute atomic E-state index is 0.0518. The molecule has 1 aliphatic rings. The Bertz CT molecular complexity index is 131. The molecule has 1 heterocycles. The van der Waals surface area contributed by atoms with E-state index in [0.717, 1.165) is 0 Å². The summed E-state index contributed by atoms with van der Waals surface area (Å²) in [5.74, 6) is 0.763. The average molecular weight is 195 g/mol. The third-order valence-electron chi connectivity index (χ3n) is 1.84. The molecule has 0 saturated carbocycles. The summed E-state index contributed by atoms with van der Waals surface area (Å²) in [4.78, 5) is 0. The lowest BCUT2D eigenvalue weighted by atomic mass is 10.2. The van der Waals surface area contributed by atoms with Gasteiger partial charge in [-0.1, -0.05) is 6.92 Å². The number of rotatable bonds is 4. The van der Waals surface area contributed by atoms with Gasteiger partial charge >= 0.3 is 0 Å². The summed E-state index contributed by atoms with van der Waals surface area (Å²) < 4.78 is 15.9. The summed E-state index contributed by atoms with van der Waals surface area (Å²) >= 11 is 5.62. The lowest BCUT2D eigenvalue weighted by Crippen LogP contribution is -2.24. The van der Waals surface area contributed by atoms with E-state index in [4.69, 9.17) is 25.8 Å². The number of hydrogen-bond donors (Lipinski definition) is 0. The van der Waals surface area contributed by atoms with Gasteiger partial charge in [0.05, 0.1) is 25.2 Å². The highest BCUT2D eigenvalue weighted by Gasteiger charge is 2.29. The summed E-state index contributed by atoms with van der Waals surface area (Å²) in [6.45, 7) is 3.28. The molecule has 0 amide bonds. The van der Waals surface area contributed by atoms with Gasteiger partial charge in [-0.25, -0.2) is 0 Å². The Kier molecular flexibility index (Phi) is 4.29. The van der Waals surface area contributed by atoms with Crippen LogP contribution in [0.5, 0.6) is 0 Å². The van der Waals surface area contributed by atoms with Crippen molar-refractivity contribution in [2.24, 2.45) is 5.92 Å². The molecule has 0 aliphatic carbocycles. The minimum Gasteiger partial charge on any atom is -0.384 e. The zero-order valence-electron chi connectivity index (χ0n) is 7.46. The SMILES string of the molecule is COCC(C)C1OCC(CCl)O1. The Labute approximate surface area is 77.9 Å². The van der Waals surface area contributed by atoms with Gasteiger partial charge in [0.1, 0.15) is 0 Å². The maximum Gasteiger partial charge on any atom is 0.162 e. The Balaban J connectivity index is 2.25. The number of halogens is 1. The van der Waals surface area contributed by atoms with E-state index in [1.807, 2.05) is 6.92 Å². The van der Waals surface area contributed by atoms with E-state index in [2.05, 4.69) is 0 Å². The van der Waals surface area contributed by atoms with Gasteiger partial charge in [-0.05, 0) is 0 Å². The van der Waals surface area contributed by atoms with Gasteiger partial charge in [0.25, 0.3) is 0 Å². The van der Waals surface area contributed by atoms with Crippen LogP contribution in [-0.2, 0) is 14.2 Å². The van der Waals surface area contributed by atoms with Crippen molar-refractivity contribution in [3.8, 4) is 0 Å². The van der Waals surface area contributed by atoms with Crippen molar-refractivity contribution in [1.29, 1.82) is 0 Å². The van der Waals surface area contributed by atoms with E-state index in [0.29, 0.717) is 19.1 Å². The highest BCUT2D eigenvalue weighted by Crippen LogP contribution is 2.19. The van der Waals surface area contributed by atoms with Crippen molar-refractivity contribution in [3.05, 3.63) is 0 Å². The molecule has 0 bridgehead atoms. The summed E-state index contributed by atoms with van der Waals surface area (Å²) in [6.07, 6.45) is -0.0929. The van der Waals surface area contributed by atoms with Gasteiger partial charge in [0, 0.05) is 13.0 Å². The van der Waals surface area contributed by atoms with Crippen molar-refractivity contribution >= 4 is 11.6 Å². The van der Waals surface area contributed by atoms with E-state index in [9.17, 15) is 0 Å². The van der Waals surface area contributed by atoms with Crippen LogP contribution in [-0.4, -0.2) is 38.6 Å². The molecule has 0 radical (unpaired) electrons. The van der Waals surface area contributed by atoms with E-state index in [-0.39, 0.29) is 18.3 Å². The molecule has 0 aromatic carbocycles. The smallest absolute Gasteiger partial charge is 0.162 e. The molecule has 3 unspecified atom stereocenters. The molecule has 12 heavy (non-hydrogen) atoms. The first kappa shape index (κ1) is 10.3. The van der Waals surface area contributed by atoms with Gasteiger partial charge in [0.2, 0.25) is 0 Å². The summed E-state index contributed by atoms with van der Waals surface area (Å²) in [5, 5.41) is 0. The topological polar surface area (TPSA) is 27.7 Å². The summed E-state index contributed by atoms with van der Waals surface area (Å²) in [6, 6.07) is 0. The lowest BCUT2D eigenvalue weighted by Gasteiger charge is -2.17. The highest BCUT2D eigenvalue weighted by atomic mass is 35.5. The van der Waals surface area contributed by atoms with Crippen LogP contribution in [0.1, 0.15) is 6.92 Å². The van der Waals surface area contributed by atoms with Crippen LogP contribution in [0.3, 0.4) is 0 Å². The van der Waals surface area contributed by atoms with Crippen LogP contribution < -0.4 is 0 Å². The van der Waals surface area contributed by atoms with Gasteiger partial charge in [-0.2, -0.15) is 0 Å². The second-order valence-electron chi connectivity index (χ2n) is 3.05. The molecule has 4 heteroatoms. The van der Waals surface area contributed by atoms with Crippen molar-refractivity contribution < 1.29 is 14.2 Å². The summed E-state index contributed by atoms with van der Waals surface area (Å²) in [7, 11) is 1.67. The van der Waals surface area contributed by atoms with Crippen LogP contribution in [0.25, 0.3) is 0 Å². The number of methoxy groups -OCH3 is 1. The fourth-order valence-electron chi connectivity index (χ4n) is 1.19.